The second-order valence-corrected chi connectivity index (χ2v) is 5.88. The molecule has 0 heterocycles. The minimum atomic E-state index is -5.58. The van der Waals surface area contributed by atoms with Gasteiger partial charge in [-0.2, -0.15) is 22.0 Å². The predicted octanol–water partition coefficient (Wildman–Crippen LogP) is 5.52. The minimum Gasteiger partial charge on any atom is -0.191 e. The first-order valence-electron chi connectivity index (χ1n) is 7.27. The lowest BCUT2D eigenvalue weighted by molar-refractivity contribution is -0.289. The molecule has 0 aliphatic heterocycles. The summed E-state index contributed by atoms with van der Waals surface area (Å²) in [5.74, 6) is 2.12. The second kappa shape index (κ2) is 6.28. The van der Waals surface area contributed by atoms with Crippen LogP contribution in [-0.2, 0) is 5.92 Å². The standard InChI is InChI=1S/C17H17F5/c1-12-2-4-13(5-3-12)6-7-14-8-10-15(11-9-14)16(18,19)17(20,21)22/h8-13H,2-5H2,1H3/t12-,13-. The molecule has 0 bridgehead atoms. The lowest BCUT2D eigenvalue weighted by atomic mass is 9.83. The third-order valence-corrected chi connectivity index (χ3v) is 4.04. The van der Waals surface area contributed by atoms with Crippen LogP contribution in [0.3, 0.4) is 0 Å². The van der Waals surface area contributed by atoms with Crippen LogP contribution in [0.1, 0.15) is 43.7 Å². The lowest BCUT2D eigenvalue weighted by Gasteiger charge is -2.22. The highest BCUT2D eigenvalue weighted by atomic mass is 19.4. The number of alkyl halides is 5. The number of benzene rings is 1. The maximum atomic E-state index is 13.1. The quantitative estimate of drug-likeness (QED) is 0.473. The van der Waals surface area contributed by atoms with Crippen molar-refractivity contribution in [3.8, 4) is 11.8 Å². The third kappa shape index (κ3) is 3.79. The third-order valence-electron chi connectivity index (χ3n) is 4.04. The summed E-state index contributed by atoms with van der Waals surface area (Å²) >= 11 is 0. The molecule has 1 fully saturated rings. The average molecular weight is 316 g/mol. The number of halogens is 5. The van der Waals surface area contributed by atoms with Crippen LogP contribution in [0, 0.1) is 23.7 Å². The van der Waals surface area contributed by atoms with E-state index in [1.807, 2.05) is 0 Å². The van der Waals surface area contributed by atoms with Crippen molar-refractivity contribution < 1.29 is 22.0 Å². The van der Waals surface area contributed by atoms with Gasteiger partial charge in [-0.05, 0) is 43.7 Å². The molecule has 1 aliphatic rings. The lowest BCUT2D eigenvalue weighted by Crippen LogP contribution is -2.33. The Morgan fingerprint density at radius 3 is 1.95 bits per heavy atom. The van der Waals surface area contributed by atoms with Crippen molar-refractivity contribution in [2.45, 2.75) is 44.7 Å². The van der Waals surface area contributed by atoms with Gasteiger partial charge >= 0.3 is 12.1 Å². The number of rotatable bonds is 1. The Labute approximate surface area is 126 Å². The van der Waals surface area contributed by atoms with E-state index in [4.69, 9.17) is 0 Å². The summed E-state index contributed by atoms with van der Waals surface area (Å²) < 4.78 is 63.1. The highest BCUT2D eigenvalue weighted by Gasteiger charge is 2.58. The largest absolute Gasteiger partial charge is 0.458 e. The molecule has 1 aliphatic carbocycles. The minimum absolute atomic E-state index is 0.285. The fourth-order valence-electron chi connectivity index (χ4n) is 2.52. The highest BCUT2D eigenvalue weighted by molar-refractivity contribution is 5.38. The van der Waals surface area contributed by atoms with Crippen LogP contribution < -0.4 is 0 Å². The zero-order chi connectivity index (χ0) is 16.4. The van der Waals surface area contributed by atoms with Crippen molar-refractivity contribution in [2.24, 2.45) is 11.8 Å². The molecule has 1 aromatic carbocycles. The van der Waals surface area contributed by atoms with Crippen molar-refractivity contribution in [1.29, 1.82) is 0 Å². The van der Waals surface area contributed by atoms with Crippen LogP contribution in [0.15, 0.2) is 24.3 Å². The fourth-order valence-corrected chi connectivity index (χ4v) is 2.52. The first-order chi connectivity index (χ1) is 10.2. The molecule has 0 spiro atoms. The Morgan fingerprint density at radius 2 is 1.45 bits per heavy atom. The van der Waals surface area contributed by atoms with Crippen molar-refractivity contribution in [2.75, 3.05) is 0 Å². The van der Waals surface area contributed by atoms with E-state index in [0.29, 0.717) is 11.5 Å². The van der Waals surface area contributed by atoms with E-state index in [1.54, 1.807) is 0 Å². The molecule has 5 heteroatoms. The van der Waals surface area contributed by atoms with Gasteiger partial charge in [-0.3, -0.25) is 0 Å². The Hall–Kier alpha value is -1.57. The van der Waals surface area contributed by atoms with E-state index in [-0.39, 0.29) is 5.92 Å². The van der Waals surface area contributed by atoms with Crippen LogP contribution in [0.25, 0.3) is 0 Å². The van der Waals surface area contributed by atoms with E-state index in [2.05, 4.69) is 18.8 Å². The molecule has 0 aromatic heterocycles. The average Bonchev–Trinajstić information content (AvgIpc) is 2.46. The van der Waals surface area contributed by atoms with E-state index in [0.717, 1.165) is 37.8 Å². The SMILES string of the molecule is C[C@H]1CC[C@H](C#Cc2ccc(C(F)(F)C(F)(F)F)cc2)CC1. The summed E-state index contributed by atoms with van der Waals surface area (Å²) in [7, 11) is 0. The Balaban J connectivity index is 2.07. The number of hydrogen-bond donors (Lipinski definition) is 0. The zero-order valence-corrected chi connectivity index (χ0v) is 12.2. The summed E-state index contributed by atoms with van der Waals surface area (Å²) in [5.41, 5.74) is -0.600. The van der Waals surface area contributed by atoms with Gasteiger partial charge in [-0.15, -0.1) is 0 Å². The molecule has 2 rings (SSSR count). The first-order valence-corrected chi connectivity index (χ1v) is 7.27. The van der Waals surface area contributed by atoms with Crippen LogP contribution in [-0.4, -0.2) is 6.18 Å². The smallest absolute Gasteiger partial charge is 0.191 e. The summed E-state index contributed by atoms with van der Waals surface area (Å²) in [6.07, 6.45) is -1.32. The highest BCUT2D eigenvalue weighted by Crippen LogP contribution is 2.43. The summed E-state index contributed by atoms with van der Waals surface area (Å²) in [6, 6.07) is 4.02. The molecular formula is C17H17F5. The molecule has 1 saturated carbocycles. The van der Waals surface area contributed by atoms with Crippen LogP contribution in [0.4, 0.5) is 22.0 Å². The topological polar surface area (TPSA) is 0 Å². The molecule has 1 aromatic rings. The van der Waals surface area contributed by atoms with Crippen molar-refractivity contribution in [3.05, 3.63) is 35.4 Å². The molecule has 0 N–H and O–H groups in total. The molecule has 0 atom stereocenters. The van der Waals surface area contributed by atoms with Gasteiger partial charge in [0.1, 0.15) is 0 Å². The van der Waals surface area contributed by atoms with E-state index in [1.165, 1.54) is 12.1 Å². The molecule has 0 radical (unpaired) electrons. The van der Waals surface area contributed by atoms with Crippen molar-refractivity contribution >= 4 is 0 Å². The van der Waals surface area contributed by atoms with E-state index >= 15 is 0 Å². The fraction of sp³-hybridized carbons (Fsp3) is 0.529. The van der Waals surface area contributed by atoms with Crippen LogP contribution in [0.5, 0.6) is 0 Å². The summed E-state index contributed by atoms with van der Waals surface area (Å²) in [5, 5.41) is 0. The molecule has 120 valence electrons. The van der Waals surface area contributed by atoms with Crippen molar-refractivity contribution in [1.82, 2.24) is 0 Å². The monoisotopic (exact) mass is 316 g/mol. The van der Waals surface area contributed by atoms with Crippen molar-refractivity contribution in [3.63, 3.8) is 0 Å². The van der Waals surface area contributed by atoms with Gasteiger partial charge in [0.05, 0.1) is 0 Å². The molecule has 22 heavy (non-hydrogen) atoms. The number of hydrogen-bond acceptors (Lipinski definition) is 0. The van der Waals surface area contributed by atoms with Gasteiger partial charge in [0.15, 0.2) is 0 Å². The van der Waals surface area contributed by atoms with Gasteiger partial charge in [-0.25, -0.2) is 0 Å². The maximum absolute atomic E-state index is 13.1. The zero-order valence-electron chi connectivity index (χ0n) is 12.2. The molecule has 0 unspecified atom stereocenters. The van der Waals surface area contributed by atoms with E-state index in [9.17, 15) is 22.0 Å². The summed E-state index contributed by atoms with van der Waals surface area (Å²) in [4.78, 5) is 0. The maximum Gasteiger partial charge on any atom is 0.458 e. The Bertz CT molecular complexity index is 551. The normalized spacial score (nSPS) is 22.8. The summed E-state index contributed by atoms with van der Waals surface area (Å²) in [6.45, 7) is 2.20. The Kier molecular flexibility index (Phi) is 4.79. The Morgan fingerprint density at radius 1 is 0.909 bits per heavy atom. The van der Waals surface area contributed by atoms with Gasteiger partial charge in [-0.1, -0.05) is 30.9 Å². The van der Waals surface area contributed by atoms with Gasteiger partial charge in [0.25, 0.3) is 0 Å². The van der Waals surface area contributed by atoms with Gasteiger partial charge in [0.2, 0.25) is 0 Å². The van der Waals surface area contributed by atoms with Crippen LogP contribution >= 0.6 is 0 Å². The molecular weight excluding hydrogens is 299 g/mol. The second-order valence-electron chi connectivity index (χ2n) is 5.88. The predicted molar refractivity (Wildman–Crippen MR) is 74.4 cm³/mol. The molecule has 0 saturated heterocycles. The molecule has 0 nitrogen and oxygen atoms in total. The van der Waals surface area contributed by atoms with Crippen LogP contribution in [0.2, 0.25) is 0 Å². The first kappa shape index (κ1) is 16.8. The van der Waals surface area contributed by atoms with E-state index < -0.39 is 17.7 Å². The van der Waals surface area contributed by atoms with Gasteiger partial charge in [0, 0.05) is 17.0 Å². The molecule has 0 amide bonds. The van der Waals surface area contributed by atoms with Gasteiger partial charge < -0.3 is 0 Å².